The molecule has 0 radical (unpaired) electrons. The minimum atomic E-state index is -0.174. The average Bonchev–Trinajstić information content (AvgIpc) is 1.84. The topological polar surface area (TPSA) is 52.3 Å². The Balaban J connectivity index is 3.37. The van der Waals surface area contributed by atoms with E-state index in [2.05, 4.69) is 0 Å². The Morgan fingerprint density at radius 2 is 2.08 bits per heavy atom. The van der Waals surface area contributed by atoms with E-state index in [9.17, 15) is 4.79 Å². The number of hydrogen-bond donors (Lipinski definition) is 1. The number of nitrogens with two attached hydrogens (primary N) is 1. The summed E-state index contributed by atoms with van der Waals surface area (Å²) in [5.41, 5.74) is 5.57. The summed E-state index contributed by atoms with van der Waals surface area (Å²) in [5, 5.41) is 0. The van der Waals surface area contributed by atoms with Crippen LogP contribution in [0.1, 0.15) is 40.0 Å². The van der Waals surface area contributed by atoms with Gasteiger partial charge in [0.1, 0.15) is 0 Å². The second-order valence-corrected chi connectivity index (χ2v) is 3.65. The molecule has 0 aliphatic heterocycles. The number of rotatable bonds is 5. The fourth-order valence-corrected chi connectivity index (χ4v) is 0.921. The smallest absolute Gasteiger partial charge is 0.305 e. The fraction of sp³-hybridized carbons (Fsp3) is 0.889. The fourth-order valence-electron chi connectivity index (χ4n) is 0.921. The molecular weight excluding hydrogens is 154 g/mol. The monoisotopic (exact) mass is 173 g/mol. The van der Waals surface area contributed by atoms with Crippen molar-refractivity contribution in [3.63, 3.8) is 0 Å². The van der Waals surface area contributed by atoms with Crippen LogP contribution in [0.2, 0.25) is 0 Å². The number of ether oxygens (including phenoxy) is 1. The molecule has 0 aliphatic carbocycles. The van der Waals surface area contributed by atoms with Gasteiger partial charge in [0.15, 0.2) is 0 Å². The number of hydrogen-bond acceptors (Lipinski definition) is 3. The molecule has 0 amide bonds. The standard InChI is InChI=1S/C9H19NO2/c1-4-12-8(11)6-5-7-9(2,3)10/h4-7,10H2,1-3H3. The summed E-state index contributed by atoms with van der Waals surface area (Å²) in [4.78, 5) is 10.9. The first-order valence-corrected chi connectivity index (χ1v) is 4.40. The molecule has 0 saturated carbocycles. The zero-order valence-corrected chi connectivity index (χ0v) is 8.22. The van der Waals surface area contributed by atoms with Crippen molar-refractivity contribution in [1.82, 2.24) is 0 Å². The van der Waals surface area contributed by atoms with Gasteiger partial charge in [0, 0.05) is 12.0 Å². The average molecular weight is 173 g/mol. The summed E-state index contributed by atoms with van der Waals surface area (Å²) in [6.07, 6.45) is 2.14. The third-order valence-corrected chi connectivity index (χ3v) is 1.51. The second kappa shape index (κ2) is 5.14. The first kappa shape index (κ1) is 11.4. The van der Waals surface area contributed by atoms with Crippen molar-refractivity contribution in [2.75, 3.05) is 6.61 Å². The van der Waals surface area contributed by atoms with Gasteiger partial charge in [-0.3, -0.25) is 4.79 Å². The summed E-state index contributed by atoms with van der Waals surface area (Å²) < 4.78 is 4.78. The van der Waals surface area contributed by atoms with Gasteiger partial charge < -0.3 is 10.5 Å². The van der Waals surface area contributed by atoms with Gasteiger partial charge in [-0.25, -0.2) is 0 Å². The van der Waals surface area contributed by atoms with Gasteiger partial charge in [-0.2, -0.15) is 0 Å². The lowest BCUT2D eigenvalue weighted by atomic mass is 9.99. The van der Waals surface area contributed by atoms with Gasteiger partial charge in [0.05, 0.1) is 6.61 Å². The summed E-state index contributed by atoms with van der Waals surface area (Å²) in [7, 11) is 0. The highest BCUT2D eigenvalue weighted by Gasteiger charge is 2.11. The zero-order chi connectivity index (χ0) is 9.61. The van der Waals surface area contributed by atoms with Crippen LogP contribution in [0.4, 0.5) is 0 Å². The first-order valence-electron chi connectivity index (χ1n) is 4.40. The highest BCUT2D eigenvalue weighted by Crippen LogP contribution is 2.09. The van der Waals surface area contributed by atoms with Crippen LogP contribution >= 0.6 is 0 Å². The molecule has 0 aromatic carbocycles. The molecule has 0 rings (SSSR count). The maximum atomic E-state index is 10.9. The molecule has 0 aromatic rings. The lowest BCUT2D eigenvalue weighted by Crippen LogP contribution is -2.31. The molecule has 3 nitrogen and oxygen atoms in total. The van der Waals surface area contributed by atoms with Gasteiger partial charge in [0.25, 0.3) is 0 Å². The third-order valence-electron chi connectivity index (χ3n) is 1.51. The van der Waals surface area contributed by atoms with Crippen LogP contribution in [0.3, 0.4) is 0 Å². The molecule has 2 N–H and O–H groups in total. The predicted octanol–water partition coefficient (Wildman–Crippen LogP) is 1.46. The SMILES string of the molecule is CCOC(=O)CCCC(C)(C)N. The highest BCUT2D eigenvalue weighted by molar-refractivity contribution is 5.69. The Labute approximate surface area is 74.3 Å². The van der Waals surface area contributed by atoms with Crippen LogP contribution in [-0.4, -0.2) is 18.1 Å². The summed E-state index contributed by atoms with van der Waals surface area (Å²) in [6, 6.07) is 0. The van der Waals surface area contributed by atoms with Gasteiger partial charge in [-0.15, -0.1) is 0 Å². The van der Waals surface area contributed by atoms with E-state index < -0.39 is 0 Å². The number of carbonyl (C=O) groups excluding carboxylic acids is 1. The van der Waals surface area contributed by atoms with Crippen LogP contribution in [0, 0.1) is 0 Å². The van der Waals surface area contributed by atoms with Gasteiger partial charge in [-0.05, 0) is 33.6 Å². The van der Waals surface area contributed by atoms with Crippen LogP contribution in [0.25, 0.3) is 0 Å². The molecule has 72 valence electrons. The Bertz CT molecular complexity index is 138. The summed E-state index contributed by atoms with van der Waals surface area (Å²) >= 11 is 0. The Hall–Kier alpha value is -0.570. The Morgan fingerprint density at radius 1 is 1.50 bits per heavy atom. The molecule has 12 heavy (non-hydrogen) atoms. The van der Waals surface area contributed by atoms with Crippen molar-refractivity contribution in [1.29, 1.82) is 0 Å². The van der Waals surface area contributed by atoms with Crippen LogP contribution in [0.5, 0.6) is 0 Å². The van der Waals surface area contributed by atoms with Gasteiger partial charge in [-0.1, -0.05) is 0 Å². The lowest BCUT2D eigenvalue weighted by Gasteiger charge is -2.17. The first-order chi connectivity index (χ1) is 5.45. The second-order valence-electron chi connectivity index (χ2n) is 3.65. The molecule has 0 saturated heterocycles. The molecule has 0 aromatic heterocycles. The van der Waals surface area contributed by atoms with Crippen molar-refractivity contribution >= 4 is 5.97 Å². The van der Waals surface area contributed by atoms with Crippen molar-refractivity contribution in [3.05, 3.63) is 0 Å². The van der Waals surface area contributed by atoms with Crippen molar-refractivity contribution in [2.45, 2.75) is 45.6 Å². The summed E-state index contributed by atoms with van der Waals surface area (Å²) in [5.74, 6) is -0.123. The van der Waals surface area contributed by atoms with Crippen molar-refractivity contribution in [2.24, 2.45) is 5.73 Å². The van der Waals surface area contributed by atoms with E-state index in [-0.39, 0.29) is 11.5 Å². The van der Waals surface area contributed by atoms with Crippen molar-refractivity contribution < 1.29 is 9.53 Å². The van der Waals surface area contributed by atoms with E-state index in [4.69, 9.17) is 10.5 Å². The van der Waals surface area contributed by atoms with Gasteiger partial charge >= 0.3 is 5.97 Å². The van der Waals surface area contributed by atoms with Crippen molar-refractivity contribution in [3.8, 4) is 0 Å². The maximum absolute atomic E-state index is 10.9. The van der Waals surface area contributed by atoms with E-state index >= 15 is 0 Å². The van der Waals surface area contributed by atoms with E-state index in [1.807, 2.05) is 20.8 Å². The molecule has 0 unspecified atom stereocenters. The number of carbonyl (C=O) groups is 1. The van der Waals surface area contributed by atoms with E-state index in [0.717, 1.165) is 12.8 Å². The zero-order valence-electron chi connectivity index (χ0n) is 8.22. The van der Waals surface area contributed by atoms with Crippen LogP contribution < -0.4 is 5.73 Å². The third kappa shape index (κ3) is 7.54. The van der Waals surface area contributed by atoms with E-state index in [1.165, 1.54) is 0 Å². The lowest BCUT2D eigenvalue weighted by molar-refractivity contribution is -0.143. The molecule has 0 fully saturated rings. The van der Waals surface area contributed by atoms with Crippen LogP contribution in [0.15, 0.2) is 0 Å². The molecular formula is C9H19NO2. The molecule has 0 heterocycles. The molecule has 0 spiro atoms. The summed E-state index contributed by atoms with van der Waals surface area (Å²) in [6.45, 7) is 6.19. The highest BCUT2D eigenvalue weighted by atomic mass is 16.5. The van der Waals surface area contributed by atoms with E-state index in [1.54, 1.807) is 0 Å². The van der Waals surface area contributed by atoms with E-state index in [0.29, 0.717) is 13.0 Å². The van der Waals surface area contributed by atoms with Gasteiger partial charge in [0.2, 0.25) is 0 Å². The number of esters is 1. The normalized spacial score (nSPS) is 11.3. The molecule has 0 bridgehead atoms. The quantitative estimate of drug-likeness (QED) is 0.640. The van der Waals surface area contributed by atoms with Crippen LogP contribution in [-0.2, 0) is 9.53 Å². The molecule has 0 aliphatic rings. The Kier molecular flexibility index (Phi) is 4.90. The largest absolute Gasteiger partial charge is 0.466 e. The minimum Gasteiger partial charge on any atom is -0.466 e. The minimum absolute atomic E-state index is 0.123. The Morgan fingerprint density at radius 3 is 2.50 bits per heavy atom. The predicted molar refractivity (Wildman–Crippen MR) is 48.8 cm³/mol. The molecule has 0 atom stereocenters. The maximum Gasteiger partial charge on any atom is 0.305 e. The molecule has 3 heteroatoms.